The van der Waals surface area contributed by atoms with Crippen LogP contribution >= 0.6 is 0 Å². The van der Waals surface area contributed by atoms with E-state index in [9.17, 15) is 9.18 Å². The molecule has 1 heterocycles. The topological polar surface area (TPSA) is 44.4 Å². The summed E-state index contributed by atoms with van der Waals surface area (Å²) in [6.45, 7) is 1.48. The summed E-state index contributed by atoms with van der Waals surface area (Å²) < 4.78 is 14.3. The molecular formula is C11H20FN3O. The number of likely N-dealkylation sites (tertiary alicyclic amines) is 1. The number of carbonyl (C=O) groups excluding carboxylic acids is 1. The van der Waals surface area contributed by atoms with Crippen molar-refractivity contribution in [3.63, 3.8) is 0 Å². The normalized spacial score (nSPS) is 31.1. The van der Waals surface area contributed by atoms with E-state index in [4.69, 9.17) is 0 Å². The molecule has 2 N–H and O–H groups in total. The van der Waals surface area contributed by atoms with Crippen molar-refractivity contribution in [3.05, 3.63) is 0 Å². The summed E-state index contributed by atoms with van der Waals surface area (Å²) in [5.41, 5.74) is -1.26. The summed E-state index contributed by atoms with van der Waals surface area (Å²) in [5, 5.41) is 5.42. The Morgan fingerprint density at radius 1 is 1.56 bits per heavy atom. The molecule has 0 aromatic rings. The zero-order valence-electron chi connectivity index (χ0n) is 9.76. The molecular weight excluding hydrogens is 209 g/mol. The largest absolute Gasteiger partial charge is 0.335 e. The first-order valence-corrected chi connectivity index (χ1v) is 5.99. The number of amides is 2. The van der Waals surface area contributed by atoms with Crippen LogP contribution in [0.3, 0.4) is 0 Å². The van der Waals surface area contributed by atoms with Gasteiger partial charge in [0.15, 0.2) is 0 Å². The van der Waals surface area contributed by atoms with E-state index in [0.29, 0.717) is 19.0 Å². The van der Waals surface area contributed by atoms with Gasteiger partial charge in [-0.2, -0.15) is 0 Å². The molecule has 1 aliphatic carbocycles. The van der Waals surface area contributed by atoms with Gasteiger partial charge in [-0.1, -0.05) is 0 Å². The number of hydrogen-bond donors (Lipinski definition) is 2. The van der Waals surface area contributed by atoms with Crippen molar-refractivity contribution < 1.29 is 9.18 Å². The number of hydrogen-bond acceptors (Lipinski definition) is 2. The standard InChI is InChI=1S/C11H20FN3O/c1-15-6-2-5-11(12,8-15)7-13-10(16)14-9-3-4-9/h9H,2-8H2,1H3,(H2,13,14,16). The van der Waals surface area contributed by atoms with Gasteiger partial charge in [0.1, 0.15) is 5.67 Å². The van der Waals surface area contributed by atoms with Crippen molar-refractivity contribution in [2.45, 2.75) is 37.4 Å². The van der Waals surface area contributed by atoms with E-state index < -0.39 is 5.67 Å². The summed E-state index contributed by atoms with van der Waals surface area (Å²) in [6.07, 6.45) is 3.51. The van der Waals surface area contributed by atoms with E-state index in [-0.39, 0.29) is 12.6 Å². The molecule has 1 saturated carbocycles. The van der Waals surface area contributed by atoms with Crippen LogP contribution in [-0.2, 0) is 0 Å². The maximum Gasteiger partial charge on any atom is 0.315 e. The molecule has 0 aromatic heterocycles. The number of nitrogens with one attached hydrogen (secondary N) is 2. The summed E-state index contributed by atoms with van der Waals surface area (Å²) in [6, 6.07) is 0.0948. The average molecular weight is 229 g/mol. The Labute approximate surface area is 95.6 Å². The minimum absolute atomic E-state index is 0.121. The molecule has 1 atom stereocenters. The van der Waals surface area contributed by atoms with Crippen molar-refractivity contribution in [1.82, 2.24) is 15.5 Å². The molecule has 5 heteroatoms. The zero-order valence-corrected chi connectivity index (χ0v) is 9.76. The Morgan fingerprint density at radius 3 is 2.94 bits per heavy atom. The van der Waals surface area contributed by atoms with Gasteiger partial charge in [-0.15, -0.1) is 0 Å². The van der Waals surface area contributed by atoms with E-state index >= 15 is 0 Å². The number of halogens is 1. The van der Waals surface area contributed by atoms with Gasteiger partial charge in [-0.3, -0.25) is 0 Å². The number of carbonyl (C=O) groups is 1. The Balaban J connectivity index is 1.72. The van der Waals surface area contributed by atoms with Crippen LogP contribution in [0.4, 0.5) is 9.18 Å². The number of rotatable bonds is 3. The lowest BCUT2D eigenvalue weighted by Crippen LogP contribution is -2.52. The number of nitrogens with zero attached hydrogens (tertiary/aromatic N) is 1. The first-order chi connectivity index (χ1) is 7.57. The third kappa shape index (κ3) is 3.33. The van der Waals surface area contributed by atoms with E-state index in [2.05, 4.69) is 10.6 Å². The quantitative estimate of drug-likeness (QED) is 0.754. The molecule has 92 valence electrons. The van der Waals surface area contributed by atoms with Crippen LogP contribution in [0.25, 0.3) is 0 Å². The van der Waals surface area contributed by atoms with Gasteiger partial charge >= 0.3 is 6.03 Å². The first kappa shape index (κ1) is 11.6. The van der Waals surface area contributed by atoms with Crippen LogP contribution in [0.15, 0.2) is 0 Å². The maximum atomic E-state index is 14.3. The SMILES string of the molecule is CN1CCCC(F)(CNC(=O)NC2CC2)C1. The first-order valence-electron chi connectivity index (χ1n) is 5.99. The van der Waals surface area contributed by atoms with Gasteiger partial charge in [-0.05, 0) is 39.3 Å². The predicted molar refractivity (Wildman–Crippen MR) is 60.1 cm³/mol. The van der Waals surface area contributed by atoms with Crippen molar-refractivity contribution in [2.24, 2.45) is 0 Å². The summed E-state index contributed by atoms with van der Waals surface area (Å²) in [5.74, 6) is 0. The summed E-state index contributed by atoms with van der Waals surface area (Å²) >= 11 is 0. The highest BCUT2D eigenvalue weighted by molar-refractivity contribution is 5.74. The predicted octanol–water partition coefficient (Wildman–Crippen LogP) is 0.882. The molecule has 16 heavy (non-hydrogen) atoms. The van der Waals surface area contributed by atoms with Crippen LogP contribution in [0.2, 0.25) is 0 Å². The van der Waals surface area contributed by atoms with E-state index in [0.717, 1.165) is 25.8 Å². The van der Waals surface area contributed by atoms with Gasteiger partial charge in [0.05, 0.1) is 6.54 Å². The fraction of sp³-hybridized carbons (Fsp3) is 0.909. The third-order valence-corrected chi connectivity index (χ3v) is 3.20. The number of urea groups is 1. The second-order valence-corrected chi connectivity index (χ2v) is 5.09. The summed E-state index contributed by atoms with van der Waals surface area (Å²) in [4.78, 5) is 13.3. The number of alkyl halides is 1. The summed E-state index contributed by atoms with van der Waals surface area (Å²) in [7, 11) is 1.91. The molecule has 2 amide bonds. The molecule has 4 nitrogen and oxygen atoms in total. The lowest BCUT2D eigenvalue weighted by Gasteiger charge is -2.35. The molecule has 2 fully saturated rings. The van der Waals surface area contributed by atoms with Gasteiger partial charge in [0.2, 0.25) is 0 Å². The van der Waals surface area contributed by atoms with E-state index in [1.165, 1.54) is 0 Å². The molecule has 2 aliphatic rings. The minimum Gasteiger partial charge on any atom is -0.335 e. The van der Waals surface area contributed by atoms with Crippen LogP contribution < -0.4 is 10.6 Å². The lowest BCUT2D eigenvalue weighted by molar-refractivity contribution is 0.0605. The highest BCUT2D eigenvalue weighted by atomic mass is 19.1. The highest BCUT2D eigenvalue weighted by Crippen LogP contribution is 2.23. The monoisotopic (exact) mass is 229 g/mol. The Morgan fingerprint density at radius 2 is 2.31 bits per heavy atom. The molecule has 1 unspecified atom stereocenters. The van der Waals surface area contributed by atoms with Gasteiger partial charge in [0, 0.05) is 12.6 Å². The third-order valence-electron chi connectivity index (χ3n) is 3.20. The van der Waals surface area contributed by atoms with E-state index in [1.54, 1.807) is 0 Å². The Kier molecular flexibility index (Phi) is 3.33. The van der Waals surface area contributed by atoms with Crippen molar-refractivity contribution in [1.29, 1.82) is 0 Å². The number of piperidine rings is 1. The van der Waals surface area contributed by atoms with Crippen LogP contribution in [-0.4, -0.2) is 49.3 Å². The molecule has 1 saturated heterocycles. The molecule has 2 rings (SSSR count). The van der Waals surface area contributed by atoms with Crippen molar-refractivity contribution >= 4 is 6.03 Å². The molecule has 0 bridgehead atoms. The molecule has 0 radical (unpaired) electrons. The second kappa shape index (κ2) is 4.57. The minimum atomic E-state index is -1.26. The van der Waals surface area contributed by atoms with Crippen LogP contribution in [0.5, 0.6) is 0 Å². The highest BCUT2D eigenvalue weighted by Gasteiger charge is 2.34. The average Bonchev–Trinajstić information content (AvgIpc) is 2.99. The maximum absolute atomic E-state index is 14.3. The second-order valence-electron chi connectivity index (χ2n) is 5.09. The zero-order chi connectivity index (χ0) is 11.6. The Bertz CT molecular complexity index is 270. The van der Waals surface area contributed by atoms with Gasteiger partial charge < -0.3 is 15.5 Å². The fourth-order valence-corrected chi connectivity index (χ4v) is 2.15. The van der Waals surface area contributed by atoms with Crippen molar-refractivity contribution in [3.8, 4) is 0 Å². The van der Waals surface area contributed by atoms with Crippen molar-refractivity contribution in [2.75, 3.05) is 26.7 Å². The van der Waals surface area contributed by atoms with Gasteiger partial charge in [-0.25, -0.2) is 9.18 Å². The smallest absolute Gasteiger partial charge is 0.315 e. The molecule has 0 aromatic carbocycles. The molecule has 1 aliphatic heterocycles. The van der Waals surface area contributed by atoms with E-state index in [1.807, 2.05) is 11.9 Å². The van der Waals surface area contributed by atoms with Gasteiger partial charge in [0.25, 0.3) is 0 Å². The molecule has 0 spiro atoms. The lowest BCUT2D eigenvalue weighted by atomic mass is 9.95. The van der Waals surface area contributed by atoms with Crippen LogP contribution in [0.1, 0.15) is 25.7 Å². The van der Waals surface area contributed by atoms with Crippen LogP contribution in [0, 0.1) is 0 Å². The Hall–Kier alpha value is -0.840. The fourth-order valence-electron chi connectivity index (χ4n) is 2.15.